The Labute approximate surface area is 112 Å². The lowest BCUT2D eigenvalue weighted by molar-refractivity contribution is -0.149. The molecule has 1 aliphatic rings. The van der Waals surface area contributed by atoms with E-state index < -0.39 is 17.9 Å². The Kier molecular flexibility index (Phi) is 4.19. The molecule has 1 heterocycles. The molecule has 18 heavy (non-hydrogen) atoms. The summed E-state index contributed by atoms with van der Waals surface area (Å²) in [7, 11) is 0. The Morgan fingerprint density at radius 3 is 2.94 bits per heavy atom. The molecule has 4 nitrogen and oxygen atoms in total. The summed E-state index contributed by atoms with van der Waals surface area (Å²) in [4.78, 5) is 10.7. The lowest BCUT2D eigenvalue weighted by atomic mass is 10.2. The highest BCUT2D eigenvalue weighted by Crippen LogP contribution is 2.24. The average Bonchev–Trinajstić information content (AvgIpc) is 2.76. The van der Waals surface area contributed by atoms with E-state index in [0.717, 1.165) is 0 Å². The van der Waals surface area contributed by atoms with E-state index >= 15 is 0 Å². The molecule has 0 bridgehead atoms. The topological polar surface area (TPSA) is 55.8 Å². The van der Waals surface area contributed by atoms with Gasteiger partial charge in [-0.15, -0.1) is 0 Å². The van der Waals surface area contributed by atoms with E-state index in [0.29, 0.717) is 17.3 Å². The van der Waals surface area contributed by atoms with Crippen LogP contribution in [-0.4, -0.2) is 29.9 Å². The molecule has 1 aromatic carbocycles. The molecule has 1 aromatic rings. The van der Waals surface area contributed by atoms with Gasteiger partial charge >= 0.3 is 5.97 Å². The van der Waals surface area contributed by atoms with Crippen LogP contribution in [0.3, 0.4) is 0 Å². The van der Waals surface area contributed by atoms with Crippen molar-refractivity contribution in [3.05, 3.63) is 28.5 Å². The molecule has 0 aromatic heterocycles. The Hall–Kier alpha value is -1.14. The molecule has 1 N–H and O–H groups in total. The minimum Gasteiger partial charge on any atom is -0.488 e. The fraction of sp³-hybridized carbons (Fsp3) is 0.417. The van der Waals surface area contributed by atoms with Crippen molar-refractivity contribution in [2.24, 2.45) is 0 Å². The number of hydrogen-bond acceptors (Lipinski definition) is 3. The van der Waals surface area contributed by atoms with Crippen LogP contribution < -0.4 is 4.74 Å². The van der Waals surface area contributed by atoms with E-state index in [1.54, 1.807) is 6.07 Å². The minimum absolute atomic E-state index is 0.139. The molecule has 1 saturated heterocycles. The van der Waals surface area contributed by atoms with Crippen LogP contribution in [0.2, 0.25) is 0 Å². The second-order valence-electron chi connectivity index (χ2n) is 4.05. The molecule has 2 atom stereocenters. The Morgan fingerprint density at radius 2 is 2.33 bits per heavy atom. The van der Waals surface area contributed by atoms with Crippen molar-refractivity contribution >= 4 is 21.9 Å². The zero-order valence-corrected chi connectivity index (χ0v) is 11.0. The van der Waals surface area contributed by atoms with Gasteiger partial charge < -0.3 is 14.6 Å². The van der Waals surface area contributed by atoms with Crippen molar-refractivity contribution < 1.29 is 23.8 Å². The Morgan fingerprint density at radius 1 is 1.56 bits per heavy atom. The number of benzene rings is 1. The summed E-state index contributed by atoms with van der Waals surface area (Å²) in [5.41, 5.74) is 0. The van der Waals surface area contributed by atoms with Crippen LogP contribution in [0, 0.1) is 5.82 Å². The molecule has 1 fully saturated rings. The quantitative estimate of drug-likeness (QED) is 0.927. The first kappa shape index (κ1) is 13.3. The number of aliphatic carboxylic acids is 1. The Balaban J connectivity index is 1.87. The van der Waals surface area contributed by atoms with Crippen molar-refractivity contribution in [3.8, 4) is 5.75 Å². The van der Waals surface area contributed by atoms with E-state index in [9.17, 15) is 9.18 Å². The first-order chi connectivity index (χ1) is 8.56. The summed E-state index contributed by atoms with van der Waals surface area (Å²) in [6.45, 7) is 0.155. The standard InChI is InChI=1S/C12H12BrFO4/c13-7-1-3-10(9(14)5-7)17-6-8-2-4-11(18-8)12(15)16/h1,3,5,8,11H,2,4,6H2,(H,15,16). The van der Waals surface area contributed by atoms with Crippen molar-refractivity contribution in [2.75, 3.05) is 6.61 Å². The molecule has 0 radical (unpaired) electrons. The highest BCUT2D eigenvalue weighted by molar-refractivity contribution is 9.10. The van der Waals surface area contributed by atoms with Gasteiger partial charge in [-0.05, 0) is 31.0 Å². The van der Waals surface area contributed by atoms with E-state index in [1.807, 2.05) is 0 Å². The van der Waals surface area contributed by atoms with Crippen LogP contribution >= 0.6 is 15.9 Å². The number of ether oxygens (including phenoxy) is 2. The number of halogens is 2. The average molecular weight is 319 g/mol. The van der Waals surface area contributed by atoms with Gasteiger partial charge in [-0.25, -0.2) is 9.18 Å². The summed E-state index contributed by atoms with van der Waals surface area (Å²) >= 11 is 3.15. The van der Waals surface area contributed by atoms with E-state index in [1.165, 1.54) is 12.1 Å². The normalized spacial score (nSPS) is 23.0. The van der Waals surface area contributed by atoms with Gasteiger partial charge in [-0.1, -0.05) is 15.9 Å². The number of carbonyl (C=O) groups is 1. The summed E-state index contributed by atoms with van der Waals surface area (Å²) in [6, 6.07) is 4.50. The van der Waals surface area contributed by atoms with Crippen LogP contribution in [0.15, 0.2) is 22.7 Å². The number of hydrogen-bond donors (Lipinski definition) is 1. The van der Waals surface area contributed by atoms with Crippen LogP contribution in [0.1, 0.15) is 12.8 Å². The number of rotatable bonds is 4. The fourth-order valence-electron chi connectivity index (χ4n) is 1.78. The lowest BCUT2D eigenvalue weighted by Gasteiger charge is -2.13. The molecule has 98 valence electrons. The maximum atomic E-state index is 13.4. The van der Waals surface area contributed by atoms with Gasteiger partial charge in [-0.2, -0.15) is 0 Å². The largest absolute Gasteiger partial charge is 0.488 e. The van der Waals surface area contributed by atoms with Gasteiger partial charge in [0, 0.05) is 4.47 Å². The first-order valence-corrected chi connectivity index (χ1v) is 6.31. The zero-order valence-electron chi connectivity index (χ0n) is 9.44. The third-order valence-corrected chi connectivity index (χ3v) is 3.19. The van der Waals surface area contributed by atoms with Crippen molar-refractivity contribution in [3.63, 3.8) is 0 Å². The van der Waals surface area contributed by atoms with Crippen molar-refractivity contribution in [1.82, 2.24) is 0 Å². The summed E-state index contributed by atoms with van der Waals surface area (Å²) in [5, 5.41) is 8.76. The Bertz CT molecular complexity index is 452. The van der Waals surface area contributed by atoms with Gasteiger partial charge in [0.1, 0.15) is 6.61 Å². The third-order valence-electron chi connectivity index (χ3n) is 2.70. The molecule has 6 heteroatoms. The van der Waals surface area contributed by atoms with Gasteiger partial charge in [-0.3, -0.25) is 0 Å². The fourth-order valence-corrected chi connectivity index (χ4v) is 2.12. The third kappa shape index (κ3) is 3.20. The van der Waals surface area contributed by atoms with E-state index in [4.69, 9.17) is 14.6 Å². The van der Waals surface area contributed by atoms with Crippen molar-refractivity contribution in [2.45, 2.75) is 25.0 Å². The van der Waals surface area contributed by atoms with Crippen molar-refractivity contribution in [1.29, 1.82) is 0 Å². The molecule has 0 spiro atoms. The summed E-state index contributed by atoms with van der Waals surface area (Å²) < 4.78 is 24.6. The SMILES string of the molecule is O=C(O)C1CCC(COc2ccc(Br)cc2F)O1. The maximum absolute atomic E-state index is 13.4. The van der Waals surface area contributed by atoms with Crippen LogP contribution in [-0.2, 0) is 9.53 Å². The maximum Gasteiger partial charge on any atom is 0.332 e. The first-order valence-electron chi connectivity index (χ1n) is 5.52. The van der Waals surface area contributed by atoms with Crippen LogP contribution in [0.25, 0.3) is 0 Å². The second kappa shape index (κ2) is 5.67. The smallest absolute Gasteiger partial charge is 0.332 e. The van der Waals surface area contributed by atoms with Gasteiger partial charge in [0.2, 0.25) is 0 Å². The predicted molar refractivity (Wildman–Crippen MR) is 65.1 cm³/mol. The predicted octanol–water partition coefficient (Wildman–Crippen LogP) is 2.60. The van der Waals surface area contributed by atoms with Crippen LogP contribution in [0.5, 0.6) is 5.75 Å². The highest BCUT2D eigenvalue weighted by atomic mass is 79.9. The second-order valence-corrected chi connectivity index (χ2v) is 4.96. The highest BCUT2D eigenvalue weighted by Gasteiger charge is 2.30. The molecule has 0 aliphatic carbocycles. The van der Waals surface area contributed by atoms with E-state index in [-0.39, 0.29) is 18.5 Å². The molecular weight excluding hydrogens is 307 g/mol. The number of carboxylic acids is 1. The van der Waals surface area contributed by atoms with Gasteiger partial charge in [0.25, 0.3) is 0 Å². The van der Waals surface area contributed by atoms with Crippen LogP contribution in [0.4, 0.5) is 4.39 Å². The molecule has 0 amide bonds. The molecule has 0 saturated carbocycles. The minimum atomic E-state index is -0.965. The van der Waals surface area contributed by atoms with E-state index in [2.05, 4.69) is 15.9 Å². The molecule has 1 aliphatic heterocycles. The number of carboxylic acid groups (broad SMARTS) is 1. The molecule has 2 rings (SSSR count). The van der Waals surface area contributed by atoms with Gasteiger partial charge in [0.05, 0.1) is 6.10 Å². The monoisotopic (exact) mass is 318 g/mol. The molecular formula is C12H12BrFO4. The lowest BCUT2D eigenvalue weighted by Crippen LogP contribution is -2.23. The zero-order chi connectivity index (χ0) is 13.1. The summed E-state index contributed by atoms with van der Waals surface area (Å²) in [5.74, 6) is -1.29. The molecule has 2 unspecified atom stereocenters. The van der Waals surface area contributed by atoms with Gasteiger partial charge in [0.15, 0.2) is 17.7 Å². The summed E-state index contributed by atoms with van der Waals surface area (Å²) in [6.07, 6.45) is 0.00361.